The molecule has 0 amide bonds. The van der Waals surface area contributed by atoms with Crippen LogP contribution in [-0.4, -0.2) is 18.9 Å². The monoisotopic (exact) mass is 225 g/mol. The molecule has 0 atom stereocenters. The van der Waals surface area contributed by atoms with E-state index in [4.69, 9.17) is 9.29 Å². The van der Waals surface area contributed by atoms with Gasteiger partial charge in [-0.25, -0.2) is 0 Å². The molecular weight excluding hydrogens is 215 g/mol. The van der Waals surface area contributed by atoms with Gasteiger partial charge in [0.2, 0.25) is 5.94 Å². The van der Waals surface area contributed by atoms with E-state index in [1.54, 1.807) is 24.3 Å². The van der Waals surface area contributed by atoms with Crippen LogP contribution in [0.2, 0.25) is 0 Å². The molecule has 0 saturated heterocycles. The number of benzene rings is 1. The van der Waals surface area contributed by atoms with Gasteiger partial charge < -0.3 is 4.74 Å². The first-order valence-corrected chi connectivity index (χ1v) is 5.23. The van der Waals surface area contributed by atoms with Crippen molar-refractivity contribution >= 4 is 10.1 Å². The molecule has 72 valence electrons. The molecule has 4 nitrogen and oxygen atoms in total. The van der Waals surface area contributed by atoms with Crippen molar-refractivity contribution in [1.82, 2.24) is 0 Å². The van der Waals surface area contributed by atoms with Crippen LogP contribution in [0.1, 0.15) is 5.56 Å². The number of aryl methyl sites for hydroxylation is 1. The van der Waals surface area contributed by atoms with Crippen LogP contribution in [-0.2, 0) is 10.1 Å². The van der Waals surface area contributed by atoms with Crippen molar-refractivity contribution in [3.63, 3.8) is 0 Å². The predicted octanol–water partition coefficient (Wildman–Crippen LogP) is -1.78. The molecule has 0 spiro atoms. The molecule has 0 aliphatic rings. The van der Waals surface area contributed by atoms with E-state index in [0.717, 1.165) is 5.56 Å². The quantitative estimate of drug-likeness (QED) is 0.488. The third-order valence-electron chi connectivity index (χ3n) is 1.40. The summed E-state index contributed by atoms with van der Waals surface area (Å²) < 4.78 is 33.8. The van der Waals surface area contributed by atoms with Crippen LogP contribution >= 0.6 is 0 Å². The summed E-state index contributed by atoms with van der Waals surface area (Å²) in [4.78, 5) is 0. The molecule has 0 fully saturated rings. The van der Waals surface area contributed by atoms with Crippen molar-refractivity contribution in [1.29, 1.82) is 0 Å². The number of rotatable bonds is 3. The molecule has 6 heteroatoms. The van der Waals surface area contributed by atoms with E-state index < -0.39 is 16.1 Å². The average molecular weight is 225 g/mol. The van der Waals surface area contributed by atoms with Crippen molar-refractivity contribution < 1.29 is 47.3 Å². The molecule has 0 aliphatic heterocycles. The van der Waals surface area contributed by atoms with Crippen LogP contribution in [0.4, 0.5) is 0 Å². The second-order valence-electron chi connectivity index (χ2n) is 2.66. The van der Waals surface area contributed by atoms with Crippen molar-refractivity contribution in [3.8, 4) is 5.75 Å². The Morgan fingerprint density at radius 2 is 1.79 bits per heavy atom. The zero-order valence-corrected chi connectivity index (χ0v) is 10.9. The third-order valence-corrected chi connectivity index (χ3v) is 1.81. The Bertz CT molecular complexity index is 371. The van der Waals surface area contributed by atoms with Gasteiger partial charge in [0.15, 0.2) is 0 Å². The fourth-order valence-corrected chi connectivity index (χ4v) is 1.06. The fourth-order valence-electron chi connectivity index (χ4n) is 0.777. The molecule has 0 unspecified atom stereocenters. The molecule has 14 heavy (non-hydrogen) atoms. The van der Waals surface area contributed by atoms with E-state index in [9.17, 15) is 8.42 Å². The van der Waals surface area contributed by atoms with Gasteiger partial charge in [0, 0.05) is 0 Å². The van der Waals surface area contributed by atoms with Crippen molar-refractivity contribution in [2.24, 2.45) is 0 Å². The first-order valence-electron chi connectivity index (χ1n) is 3.62. The van der Waals surface area contributed by atoms with Gasteiger partial charge in [-0.2, -0.15) is 8.42 Å². The maximum Gasteiger partial charge on any atom is 1.00 e. The van der Waals surface area contributed by atoms with E-state index in [1.165, 1.54) is 0 Å². The van der Waals surface area contributed by atoms with E-state index in [0.29, 0.717) is 5.75 Å². The Hall–Kier alpha value is -0.0700. The van der Waals surface area contributed by atoms with Gasteiger partial charge in [0.1, 0.15) is 5.75 Å². The average Bonchev–Trinajstić information content (AvgIpc) is 2.02. The predicted molar refractivity (Wildman–Crippen MR) is 48.2 cm³/mol. The van der Waals surface area contributed by atoms with Gasteiger partial charge in [0.25, 0.3) is 0 Å². The van der Waals surface area contributed by atoms with Crippen LogP contribution in [0, 0.1) is 6.92 Å². The Morgan fingerprint density at radius 3 is 2.21 bits per heavy atom. The van der Waals surface area contributed by atoms with Gasteiger partial charge in [-0.1, -0.05) is 17.7 Å². The Kier molecular flexibility index (Phi) is 5.70. The van der Waals surface area contributed by atoms with Crippen molar-refractivity contribution in [3.05, 3.63) is 29.8 Å². The van der Waals surface area contributed by atoms with E-state index >= 15 is 0 Å². The van der Waals surface area contributed by atoms with Gasteiger partial charge in [-0.3, -0.25) is 4.55 Å². The van der Waals surface area contributed by atoms with Gasteiger partial charge >= 0.3 is 39.7 Å². The number of ether oxygens (including phenoxy) is 1. The van der Waals surface area contributed by atoms with Crippen LogP contribution in [0.3, 0.4) is 0 Å². The summed E-state index contributed by atoms with van der Waals surface area (Å²) in [5.74, 6) is -0.293. The molecule has 0 aromatic heterocycles. The number of hydrogen-bond donors (Lipinski definition) is 1. The summed E-state index contributed by atoms with van der Waals surface area (Å²) in [6.07, 6.45) is 0. The van der Waals surface area contributed by atoms with Gasteiger partial charge in [0.05, 0.1) is 0 Å². The molecule has 0 radical (unpaired) electrons. The molecule has 1 N–H and O–H groups in total. The van der Waals surface area contributed by atoms with Crippen LogP contribution in [0.5, 0.6) is 5.75 Å². The molecule has 0 aliphatic carbocycles. The van der Waals surface area contributed by atoms with Crippen LogP contribution < -0.4 is 34.3 Å². The van der Waals surface area contributed by atoms with Crippen LogP contribution in [0.25, 0.3) is 0 Å². The SMILES string of the molecule is Cc1ccc(OCS(=O)(=O)O)cc1.[Na+]. The van der Waals surface area contributed by atoms with E-state index in [2.05, 4.69) is 0 Å². The minimum atomic E-state index is -4.05. The molecule has 0 saturated carbocycles. The second-order valence-corrected chi connectivity index (χ2v) is 4.06. The Labute approximate surface area is 105 Å². The third kappa shape index (κ3) is 5.62. The summed E-state index contributed by atoms with van der Waals surface area (Å²) >= 11 is 0. The summed E-state index contributed by atoms with van der Waals surface area (Å²) in [7, 11) is -4.05. The molecule has 0 bridgehead atoms. The second kappa shape index (κ2) is 5.72. The Balaban J connectivity index is 0.00000169. The minimum Gasteiger partial charge on any atom is -0.475 e. The molecule has 1 rings (SSSR count). The largest absolute Gasteiger partial charge is 1.00 e. The summed E-state index contributed by atoms with van der Waals surface area (Å²) in [5, 5.41) is 0. The maximum absolute atomic E-state index is 10.3. The minimum absolute atomic E-state index is 0. The molecule has 0 heterocycles. The van der Waals surface area contributed by atoms with E-state index in [-0.39, 0.29) is 29.6 Å². The standard InChI is InChI=1S/C8H10O4S.Na/c1-7-2-4-8(5-3-7)12-6-13(9,10)11;/h2-5H,6H2,1H3,(H,9,10,11);/q;+1. The summed E-state index contributed by atoms with van der Waals surface area (Å²) in [5.41, 5.74) is 1.05. The van der Waals surface area contributed by atoms with Crippen molar-refractivity contribution in [2.45, 2.75) is 6.92 Å². The van der Waals surface area contributed by atoms with E-state index in [1.807, 2.05) is 6.92 Å². The maximum atomic E-state index is 10.3. The van der Waals surface area contributed by atoms with Crippen molar-refractivity contribution in [2.75, 3.05) is 5.94 Å². The van der Waals surface area contributed by atoms with Gasteiger partial charge in [-0.15, -0.1) is 0 Å². The Morgan fingerprint density at radius 1 is 1.29 bits per heavy atom. The molecule has 1 aromatic rings. The van der Waals surface area contributed by atoms with Crippen LogP contribution in [0.15, 0.2) is 24.3 Å². The smallest absolute Gasteiger partial charge is 0.475 e. The van der Waals surface area contributed by atoms with Gasteiger partial charge in [-0.05, 0) is 19.1 Å². The zero-order chi connectivity index (χ0) is 9.90. The first kappa shape index (κ1) is 13.9. The fraction of sp³-hybridized carbons (Fsp3) is 0.250. The topological polar surface area (TPSA) is 63.6 Å². The normalized spacial score (nSPS) is 10.4. The molecular formula is C8H10NaO4S+. The number of hydrogen-bond acceptors (Lipinski definition) is 3. The summed E-state index contributed by atoms with van der Waals surface area (Å²) in [6.45, 7) is 1.91. The first-order chi connectivity index (χ1) is 5.97. The zero-order valence-electron chi connectivity index (χ0n) is 8.10. The molecule has 1 aromatic carbocycles. The summed E-state index contributed by atoms with van der Waals surface area (Å²) in [6, 6.07) is 6.86.